The zero-order valence-electron chi connectivity index (χ0n) is 5.82. The molecule has 0 saturated carbocycles. The Balaban J connectivity index is 2.92. The minimum Gasteiger partial charge on any atom is -0.338 e. The number of halogens is 4. The number of H-pyrrole nitrogens is 1. The number of aromatic amines is 1. The lowest BCUT2D eigenvalue weighted by atomic mass is 10.1. The maximum atomic E-state index is 12.5. The zero-order valence-corrected chi connectivity index (χ0v) is 5.82. The molecular weight excluding hydrogens is 176 g/mol. The van der Waals surface area contributed by atoms with E-state index in [1.807, 2.05) is 4.98 Å². The molecule has 2 nitrogen and oxygen atoms in total. The molecule has 12 heavy (non-hydrogen) atoms. The number of hydrogen-bond acceptors (Lipinski definition) is 1. The van der Waals surface area contributed by atoms with Crippen LogP contribution in [0.3, 0.4) is 0 Å². The average Bonchev–Trinajstić information content (AvgIpc) is 2.31. The third-order valence-electron chi connectivity index (χ3n) is 1.41. The molecule has 68 valence electrons. The van der Waals surface area contributed by atoms with Crippen LogP contribution in [0.25, 0.3) is 0 Å². The number of nitrogens with one attached hydrogen (secondary N) is 1. The molecule has 0 aliphatic rings. The van der Waals surface area contributed by atoms with Gasteiger partial charge in [-0.1, -0.05) is 0 Å². The highest BCUT2D eigenvalue weighted by atomic mass is 19.4. The first kappa shape index (κ1) is 9.05. The van der Waals surface area contributed by atoms with E-state index in [0.717, 1.165) is 12.3 Å². The first-order valence-corrected chi connectivity index (χ1v) is 3.08. The van der Waals surface area contributed by atoms with Gasteiger partial charge in [0.1, 0.15) is 6.04 Å². The minimum atomic E-state index is -4.61. The van der Waals surface area contributed by atoms with Crippen molar-refractivity contribution in [2.75, 3.05) is 0 Å². The highest BCUT2D eigenvalue weighted by molar-refractivity contribution is 5.17. The van der Waals surface area contributed by atoms with Crippen molar-refractivity contribution in [1.82, 2.24) is 4.98 Å². The summed E-state index contributed by atoms with van der Waals surface area (Å²) in [5.74, 6) is -1.04. The summed E-state index contributed by atoms with van der Waals surface area (Å²) in [6.07, 6.45) is -3.54. The van der Waals surface area contributed by atoms with Gasteiger partial charge in [0.2, 0.25) is 0 Å². The smallest absolute Gasteiger partial charge is 0.338 e. The largest absolute Gasteiger partial charge is 0.407 e. The van der Waals surface area contributed by atoms with Crippen LogP contribution in [0.5, 0.6) is 0 Å². The SMILES string of the molecule is NC(c1cc[nH]c1F)C(F)(F)F. The van der Waals surface area contributed by atoms with Crippen molar-refractivity contribution >= 4 is 0 Å². The summed E-state index contributed by atoms with van der Waals surface area (Å²) in [6, 6.07) is -1.29. The lowest BCUT2D eigenvalue weighted by Gasteiger charge is -2.13. The van der Waals surface area contributed by atoms with Crippen molar-refractivity contribution in [3.63, 3.8) is 0 Å². The van der Waals surface area contributed by atoms with Crippen LogP contribution in [0.15, 0.2) is 12.3 Å². The van der Waals surface area contributed by atoms with Gasteiger partial charge in [0, 0.05) is 11.8 Å². The van der Waals surface area contributed by atoms with E-state index in [2.05, 4.69) is 0 Å². The van der Waals surface area contributed by atoms with Gasteiger partial charge in [-0.15, -0.1) is 0 Å². The van der Waals surface area contributed by atoms with Gasteiger partial charge in [-0.05, 0) is 6.07 Å². The molecule has 0 fully saturated rings. The first-order valence-electron chi connectivity index (χ1n) is 3.08. The summed E-state index contributed by atoms with van der Waals surface area (Å²) >= 11 is 0. The summed E-state index contributed by atoms with van der Waals surface area (Å²) in [4.78, 5) is 1.97. The normalized spacial score (nSPS) is 14.8. The van der Waals surface area contributed by atoms with Crippen molar-refractivity contribution in [1.29, 1.82) is 0 Å². The summed E-state index contributed by atoms with van der Waals surface area (Å²) in [5.41, 5.74) is 4.17. The maximum absolute atomic E-state index is 12.5. The maximum Gasteiger partial charge on any atom is 0.407 e. The second kappa shape index (κ2) is 2.78. The third kappa shape index (κ3) is 1.58. The molecule has 0 radical (unpaired) electrons. The highest BCUT2D eigenvalue weighted by Gasteiger charge is 2.39. The molecule has 3 N–H and O–H groups in total. The van der Waals surface area contributed by atoms with Crippen LogP contribution in [0, 0.1) is 5.95 Å². The third-order valence-corrected chi connectivity index (χ3v) is 1.41. The van der Waals surface area contributed by atoms with E-state index in [9.17, 15) is 17.6 Å². The Hall–Kier alpha value is -1.04. The van der Waals surface area contributed by atoms with Crippen LogP contribution >= 0.6 is 0 Å². The fourth-order valence-corrected chi connectivity index (χ4v) is 0.778. The molecule has 0 aliphatic heterocycles. The second-order valence-corrected chi connectivity index (χ2v) is 2.27. The molecule has 0 bridgehead atoms. The van der Waals surface area contributed by atoms with E-state index in [0.29, 0.717) is 0 Å². The van der Waals surface area contributed by atoms with Crippen LogP contribution < -0.4 is 5.73 Å². The molecule has 0 spiro atoms. The number of alkyl halides is 3. The fourth-order valence-electron chi connectivity index (χ4n) is 0.778. The summed E-state index contributed by atoms with van der Waals surface area (Å²) < 4.78 is 48.2. The molecule has 1 aromatic heterocycles. The predicted molar refractivity (Wildman–Crippen MR) is 33.7 cm³/mol. The van der Waals surface area contributed by atoms with Gasteiger partial charge in [0.05, 0.1) is 0 Å². The second-order valence-electron chi connectivity index (χ2n) is 2.27. The molecule has 1 rings (SSSR count). The first-order chi connectivity index (χ1) is 5.43. The van der Waals surface area contributed by atoms with Gasteiger partial charge in [0.15, 0.2) is 5.95 Å². The van der Waals surface area contributed by atoms with Crippen LogP contribution in [-0.2, 0) is 0 Å². The summed E-state index contributed by atoms with van der Waals surface area (Å²) in [5, 5.41) is 0. The highest BCUT2D eigenvalue weighted by Crippen LogP contribution is 2.31. The predicted octanol–water partition coefficient (Wildman–Crippen LogP) is 1.72. The van der Waals surface area contributed by atoms with Crippen molar-refractivity contribution in [3.8, 4) is 0 Å². The summed E-state index contributed by atoms with van der Waals surface area (Å²) in [7, 11) is 0. The molecular formula is C6H6F4N2. The lowest BCUT2D eigenvalue weighted by molar-refractivity contribution is -0.149. The Morgan fingerprint density at radius 3 is 2.33 bits per heavy atom. The van der Waals surface area contributed by atoms with E-state index in [4.69, 9.17) is 5.73 Å². The molecule has 1 unspecified atom stereocenters. The average molecular weight is 182 g/mol. The van der Waals surface area contributed by atoms with E-state index >= 15 is 0 Å². The van der Waals surface area contributed by atoms with Gasteiger partial charge in [-0.2, -0.15) is 17.6 Å². The van der Waals surface area contributed by atoms with Crippen LogP contribution in [0.2, 0.25) is 0 Å². The molecule has 6 heteroatoms. The van der Waals surface area contributed by atoms with Crippen molar-refractivity contribution in [2.45, 2.75) is 12.2 Å². The molecule has 1 atom stereocenters. The Bertz CT molecular complexity index is 265. The number of hydrogen-bond donors (Lipinski definition) is 2. The quantitative estimate of drug-likeness (QED) is 0.638. The molecule has 0 saturated heterocycles. The molecule has 0 amide bonds. The molecule has 0 aromatic carbocycles. The number of rotatable bonds is 1. The standard InChI is InChI=1S/C6H6F4N2/c7-5-3(1-2-12-5)4(11)6(8,9)10/h1-2,4,12H,11H2. The van der Waals surface area contributed by atoms with Crippen molar-refractivity contribution in [3.05, 3.63) is 23.8 Å². The van der Waals surface area contributed by atoms with E-state index < -0.39 is 23.7 Å². The lowest BCUT2D eigenvalue weighted by Crippen LogP contribution is -2.28. The van der Waals surface area contributed by atoms with Crippen LogP contribution in [0.4, 0.5) is 17.6 Å². The Morgan fingerprint density at radius 2 is 2.00 bits per heavy atom. The van der Waals surface area contributed by atoms with Gasteiger partial charge in [-0.25, -0.2) is 0 Å². The number of nitrogens with two attached hydrogens (primary N) is 1. The Morgan fingerprint density at radius 1 is 1.42 bits per heavy atom. The van der Waals surface area contributed by atoms with Crippen LogP contribution in [0.1, 0.15) is 11.6 Å². The fraction of sp³-hybridized carbons (Fsp3) is 0.333. The van der Waals surface area contributed by atoms with Crippen LogP contribution in [-0.4, -0.2) is 11.2 Å². The monoisotopic (exact) mass is 182 g/mol. The van der Waals surface area contributed by atoms with Gasteiger partial charge >= 0.3 is 6.18 Å². The van der Waals surface area contributed by atoms with Crippen molar-refractivity contribution < 1.29 is 17.6 Å². The van der Waals surface area contributed by atoms with E-state index in [1.165, 1.54) is 0 Å². The zero-order chi connectivity index (χ0) is 9.35. The van der Waals surface area contributed by atoms with Gasteiger partial charge in [-0.3, -0.25) is 0 Å². The molecule has 1 heterocycles. The molecule has 0 aliphatic carbocycles. The Labute approximate surface area is 65.4 Å². The van der Waals surface area contributed by atoms with E-state index in [1.54, 1.807) is 0 Å². The van der Waals surface area contributed by atoms with Gasteiger partial charge in [0.25, 0.3) is 0 Å². The van der Waals surface area contributed by atoms with E-state index in [-0.39, 0.29) is 0 Å². The van der Waals surface area contributed by atoms with Gasteiger partial charge < -0.3 is 10.7 Å². The Kier molecular flexibility index (Phi) is 2.10. The topological polar surface area (TPSA) is 41.8 Å². The summed E-state index contributed by atoms with van der Waals surface area (Å²) in [6.45, 7) is 0. The van der Waals surface area contributed by atoms with Crippen molar-refractivity contribution in [2.24, 2.45) is 5.73 Å². The number of aromatic nitrogens is 1. The molecule has 1 aromatic rings. The minimum absolute atomic E-state index is 0.567.